The summed E-state index contributed by atoms with van der Waals surface area (Å²) < 4.78 is 6.87. The fourth-order valence-electron chi connectivity index (χ4n) is 1.60. The second kappa shape index (κ2) is 5.66. The molecule has 16 heavy (non-hydrogen) atoms. The zero-order valence-electron chi connectivity index (χ0n) is 10.1. The van der Waals surface area contributed by atoms with Gasteiger partial charge in [-0.3, -0.25) is 4.68 Å². The molecule has 0 radical (unpaired) electrons. The fourth-order valence-corrected chi connectivity index (χ4v) is 1.85. The van der Waals surface area contributed by atoms with Crippen LogP contribution in [0.2, 0.25) is 5.02 Å². The zero-order valence-corrected chi connectivity index (χ0v) is 10.9. The molecule has 1 aromatic heterocycles. The first-order chi connectivity index (χ1) is 7.47. The number of aliphatic hydroxyl groups is 1. The largest absolute Gasteiger partial charge is 0.387 e. The smallest absolute Gasteiger partial charge is 0.0996 e. The minimum Gasteiger partial charge on any atom is -0.387 e. The maximum Gasteiger partial charge on any atom is 0.0996 e. The third-order valence-electron chi connectivity index (χ3n) is 2.55. The molecular weight excluding hydrogens is 228 g/mol. The number of rotatable bonds is 5. The molecule has 0 aliphatic heterocycles. The van der Waals surface area contributed by atoms with Crippen LogP contribution < -0.4 is 0 Å². The van der Waals surface area contributed by atoms with Crippen LogP contribution in [0.4, 0.5) is 0 Å². The van der Waals surface area contributed by atoms with E-state index in [1.165, 1.54) is 0 Å². The van der Waals surface area contributed by atoms with Crippen molar-refractivity contribution >= 4 is 11.6 Å². The summed E-state index contributed by atoms with van der Waals surface area (Å²) in [5.74, 6) is 0. The summed E-state index contributed by atoms with van der Waals surface area (Å²) in [5, 5.41) is 14.8. The Kier molecular flexibility index (Phi) is 4.77. The third kappa shape index (κ3) is 2.97. The van der Waals surface area contributed by atoms with Crippen molar-refractivity contribution in [3.63, 3.8) is 0 Å². The van der Waals surface area contributed by atoms with Crippen molar-refractivity contribution in [2.45, 2.75) is 45.4 Å². The predicted octanol–water partition coefficient (Wildman–Crippen LogP) is 2.58. The van der Waals surface area contributed by atoms with Gasteiger partial charge in [0.15, 0.2) is 0 Å². The van der Waals surface area contributed by atoms with Crippen molar-refractivity contribution in [3.05, 3.63) is 16.9 Å². The normalized spacial score (nSPS) is 15.4. The number of aliphatic hydroxyl groups excluding tert-OH is 1. The van der Waals surface area contributed by atoms with E-state index in [9.17, 15) is 5.11 Å². The molecule has 1 N–H and O–H groups in total. The van der Waals surface area contributed by atoms with Crippen molar-refractivity contribution in [3.8, 4) is 0 Å². The van der Waals surface area contributed by atoms with E-state index in [1.807, 2.05) is 20.8 Å². The quantitative estimate of drug-likeness (QED) is 0.869. The Bertz CT molecular complexity index is 339. The summed E-state index contributed by atoms with van der Waals surface area (Å²) in [6, 6.07) is 0.176. The minimum absolute atomic E-state index is 0.0124. The van der Waals surface area contributed by atoms with Crippen LogP contribution in [0.3, 0.4) is 0 Å². The molecule has 0 aliphatic rings. The average molecular weight is 247 g/mol. The van der Waals surface area contributed by atoms with Crippen molar-refractivity contribution in [2.24, 2.45) is 0 Å². The lowest BCUT2D eigenvalue weighted by Crippen LogP contribution is -2.16. The molecule has 0 fully saturated rings. The standard InChI is InChI=1S/C11H19ClN2O2/c1-7(2)14-11(9(12)6-13-14)10(15)5-8(3)16-4/h6-8,10,15H,5H2,1-4H3. The van der Waals surface area contributed by atoms with Gasteiger partial charge in [-0.05, 0) is 20.8 Å². The van der Waals surface area contributed by atoms with E-state index in [0.29, 0.717) is 17.1 Å². The summed E-state index contributed by atoms with van der Waals surface area (Å²) in [6.45, 7) is 5.91. The van der Waals surface area contributed by atoms with Crippen LogP contribution in [0.15, 0.2) is 6.20 Å². The first kappa shape index (κ1) is 13.5. The van der Waals surface area contributed by atoms with Gasteiger partial charge in [0, 0.05) is 19.6 Å². The first-order valence-electron chi connectivity index (χ1n) is 5.41. The summed E-state index contributed by atoms with van der Waals surface area (Å²) in [4.78, 5) is 0. The highest BCUT2D eigenvalue weighted by Crippen LogP contribution is 2.28. The minimum atomic E-state index is -0.646. The molecular formula is C11H19ClN2O2. The number of halogens is 1. The lowest BCUT2D eigenvalue weighted by molar-refractivity contribution is 0.0519. The summed E-state index contributed by atoms with van der Waals surface area (Å²) in [6.07, 6.45) is 1.42. The van der Waals surface area contributed by atoms with Crippen LogP contribution >= 0.6 is 11.6 Å². The second-order valence-electron chi connectivity index (χ2n) is 4.21. The molecule has 0 aliphatic carbocycles. The second-order valence-corrected chi connectivity index (χ2v) is 4.62. The SMILES string of the molecule is COC(C)CC(O)c1c(Cl)cnn1C(C)C. The Hall–Kier alpha value is -0.580. The van der Waals surface area contributed by atoms with Gasteiger partial charge in [0.05, 0.1) is 29.1 Å². The van der Waals surface area contributed by atoms with Crippen LogP contribution in [0.1, 0.15) is 45.0 Å². The number of ether oxygens (including phenoxy) is 1. The van der Waals surface area contributed by atoms with Crippen LogP contribution in [-0.2, 0) is 4.74 Å². The van der Waals surface area contributed by atoms with E-state index in [-0.39, 0.29) is 12.1 Å². The molecule has 0 aromatic carbocycles. The van der Waals surface area contributed by atoms with Crippen molar-refractivity contribution in [1.29, 1.82) is 0 Å². The molecule has 92 valence electrons. The maximum atomic E-state index is 10.1. The average Bonchev–Trinajstić information content (AvgIpc) is 2.59. The molecule has 4 nitrogen and oxygen atoms in total. The van der Waals surface area contributed by atoms with Gasteiger partial charge in [-0.2, -0.15) is 5.10 Å². The summed E-state index contributed by atoms with van der Waals surface area (Å²) >= 11 is 6.03. The molecule has 0 amide bonds. The highest BCUT2D eigenvalue weighted by molar-refractivity contribution is 6.31. The Balaban J connectivity index is 2.89. The fraction of sp³-hybridized carbons (Fsp3) is 0.727. The topological polar surface area (TPSA) is 47.3 Å². The van der Waals surface area contributed by atoms with Gasteiger partial charge in [-0.1, -0.05) is 11.6 Å². The van der Waals surface area contributed by atoms with Gasteiger partial charge in [0.2, 0.25) is 0 Å². The Morgan fingerprint density at radius 1 is 1.50 bits per heavy atom. The van der Waals surface area contributed by atoms with E-state index in [0.717, 1.165) is 0 Å². The molecule has 2 unspecified atom stereocenters. The number of nitrogens with zero attached hydrogens (tertiary/aromatic N) is 2. The monoisotopic (exact) mass is 246 g/mol. The van der Waals surface area contributed by atoms with Crippen molar-refractivity contribution in [1.82, 2.24) is 9.78 Å². The molecule has 0 spiro atoms. The van der Waals surface area contributed by atoms with Crippen molar-refractivity contribution in [2.75, 3.05) is 7.11 Å². The highest BCUT2D eigenvalue weighted by Gasteiger charge is 2.21. The third-order valence-corrected chi connectivity index (χ3v) is 2.84. The number of hydrogen-bond acceptors (Lipinski definition) is 3. The van der Waals surface area contributed by atoms with Gasteiger partial charge in [-0.15, -0.1) is 0 Å². The predicted molar refractivity (Wildman–Crippen MR) is 63.7 cm³/mol. The van der Waals surface area contributed by atoms with Crippen LogP contribution in [-0.4, -0.2) is 28.1 Å². The summed E-state index contributed by atoms with van der Waals surface area (Å²) in [7, 11) is 1.62. The number of aromatic nitrogens is 2. The zero-order chi connectivity index (χ0) is 12.3. The van der Waals surface area contributed by atoms with E-state index in [1.54, 1.807) is 18.0 Å². The van der Waals surface area contributed by atoms with E-state index in [2.05, 4.69) is 5.10 Å². The molecule has 0 saturated heterocycles. The van der Waals surface area contributed by atoms with Crippen molar-refractivity contribution < 1.29 is 9.84 Å². The number of methoxy groups -OCH3 is 1. The maximum absolute atomic E-state index is 10.1. The molecule has 1 heterocycles. The van der Waals surface area contributed by atoms with Gasteiger partial charge < -0.3 is 9.84 Å². The highest BCUT2D eigenvalue weighted by atomic mass is 35.5. The number of hydrogen-bond donors (Lipinski definition) is 1. The first-order valence-corrected chi connectivity index (χ1v) is 5.78. The van der Waals surface area contributed by atoms with Crippen LogP contribution in [0.25, 0.3) is 0 Å². The Morgan fingerprint density at radius 3 is 2.62 bits per heavy atom. The van der Waals surface area contributed by atoms with Gasteiger partial charge in [-0.25, -0.2) is 0 Å². The molecule has 1 aromatic rings. The van der Waals surface area contributed by atoms with Gasteiger partial charge in [0.1, 0.15) is 0 Å². The Morgan fingerprint density at radius 2 is 2.12 bits per heavy atom. The van der Waals surface area contributed by atoms with Gasteiger partial charge in [0.25, 0.3) is 0 Å². The lowest BCUT2D eigenvalue weighted by atomic mass is 10.1. The van der Waals surface area contributed by atoms with Gasteiger partial charge >= 0.3 is 0 Å². The molecule has 5 heteroatoms. The summed E-state index contributed by atoms with van der Waals surface area (Å²) in [5.41, 5.74) is 0.667. The van der Waals surface area contributed by atoms with Crippen LogP contribution in [0, 0.1) is 0 Å². The van der Waals surface area contributed by atoms with E-state index in [4.69, 9.17) is 16.3 Å². The molecule has 0 saturated carbocycles. The molecule has 0 bridgehead atoms. The molecule has 2 atom stereocenters. The van der Waals surface area contributed by atoms with E-state index < -0.39 is 6.10 Å². The van der Waals surface area contributed by atoms with E-state index >= 15 is 0 Å². The lowest BCUT2D eigenvalue weighted by Gasteiger charge is -2.19. The van der Waals surface area contributed by atoms with Crippen LogP contribution in [0.5, 0.6) is 0 Å². The molecule has 1 rings (SSSR count). The Labute approximate surface area is 101 Å².